The molecule has 2 fully saturated rings. The number of amides is 2. The number of methoxy groups -OCH3 is 1. The molecular formula is C31H33FN3O7P. The number of carbonyl (C=O) groups excluding carboxylic acids is 1. The summed E-state index contributed by atoms with van der Waals surface area (Å²) in [5.41, 5.74) is 0.533. The van der Waals surface area contributed by atoms with Crippen molar-refractivity contribution in [3.8, 4) is 5.75 Å². The van der Waals surface area contributed by atoms with Gasteiger partial charge >= 0.3 is 13.9 Å². The molecule has 2 unspecified atom stereocenters. The van der Waals surface area contributed by atoms with Crippen LogP contribution in [-0.4, -0.2) is 59.8 Å². The number of halogens is 1. The minimum atomic E-state index is -4.43. The molecule has 226 valence electrons. The number of phosphoric ester groups is 1. The van der Waals surface area contributed by atoms with E-state index in [0.29, 0.717) is 5.75 Å². The van der Waals surface area contributed by atoms with Gasteiger partial charge in [0.25, 0.3) is 0 Å². The molecule has 3 aliphatic heterocycles. The number of benzene rings is 3. The Kier molecular flexibility index (Phi) is 7.89. The molecule has 43 heavy (non-hydrogen) atoms. The van der Waals surface area contributed by atoms with Crippen molar-refractivity contribution < 1.29 is 37.2 Å². The predicted molar refractivity (Wildman–Crippen MR) is 156 cm³/mol. The van der Waals surface area contributed by atoms with Crippen molar-refractivity contribution in [3.05, 3.63) is 114 Å². The Morgan fingerprint density at radius 1 is 1.07 bits per heavy atom. The first kappa shape index (κ1) is 29.5. The van der Waals surface area contributed by atoms with Crippen molar-refractivity contribution in [3.63, 3.8) is 0 Å². The van der Waals surface area contributed by atoms with Crippen molar-refractivity contribution in [1.29, 1.82) is 0 Å². The van der Waals surface area contributed by atoms with Crippen LogP contribution in [0.2, 0.25) is 0 Å². The molecule has 3 aliphatic rings. The Morgan fingerprint density at radius 3 is 2.23 bits per heavy atom. The smallest absolute Gasteiger partial charge is 0.472 e. The van der Waals surface area contributed by atoms with Gasteiger partial charge in [-0.2, -0.15) is 0 Å². The monoisotopic (exact) mass is 609 g/mol. The Morgan fingerprint density at radius 2 is 1.67 bits per heavy atom. The van der Waals surface area contributed by atoms with E-state index in [4.69, 9.17) is 18.5 Å². The highest BCUT2D eigenvalue weighted by Crippen LogP contribution is 2.56. The third kappa shape index (κ3) is 5.26. The van der Waals surface area contributed by atoms with Crippen LogP contribution in [0.1, 0.15) is 30.0 Å². The number of phosphoric acid groups is 1. The zero-order chi connectivity index (χ0) is 30.2. The number of hydrogen-bond acceptors (Lipinski definition) is 7. The van der Waals surface area contributed by atoms with E-state index in [-0.39, 0.29) is 13.0 Å². The van der Waals surface area contributed by atoms with Crippen LogP contribution < -0.4 is 15.4 Å². The van der Waals surface area contributed by atoms with Gasteiger partial charge in [-0.3, -0.25) is 19.3 Å². The molecule has 2 saturated heterocycles. The number of alkyl halides is 1. The molecule has 12 heteroatoms. The Bertz CT molecular complexity index is 1490. The number of hydrogen-bond donors (Lipinski definition) is 3. The van der Waals surface area contributed by atoms with Crippen LogP contribution in [0.3, 0.4) is 0 Å². The fourth-order valence-corrected chi connectivity index (χ4v) is 7.07. The van der Waals surface area contributed by atoms with Crippen molar-refractivity contribution >= 4 is 13.9 Å². The summed E-state index contributed by atoms with van der Waals surface area (Å²) in [5, 5.41) is 6.57. The van der Waals surface area contributed by atoms with Gasteiger partial charge in [0, 0.05) is 6.20 Å². The third-order valence-electron chi connectivity index (χ3n) is 8.29. The van der Waals surface area contributed by atoms with E-state index in [1.54, 1.807) is 20.1 Å². The zero-order valence-corrected chi connectivity index (χ0v) is 24.5. The fourth-order valence-electron chi connectivity index (χ4n) is 6.03. The molecule has 6 atom stereocenters. The number of ether oxygens (including phenoxy) is 2. The van der Waals surface area contributed by atoms with Crippen LogP contribution >= 0.6 is 7.82 Å². The number of carbonyl (C=O) groups is 1. The summed E-state index contributed by atoms with van der Waals surface area (Å²) in [6, 6.07) is 26.8. The average molecular weight is 610 g/mol. The Balaban J connectivity index is 1.35. The molecule has 3 heterocycles. The van der Waals surface area contributed by atoms with Crippen molar-refractivity contribution in [2.45, 2.75) is 49.2 Å². The summed E-state index contributed by atoms with van der Waals surface area (Å²) in [6.45, 7) is 1.40. The second-order valence-corrected chi connectivity index (χ2v) is 12.1. The van der Waals surface area contributed by atoms with Crippen LogP contribution in [0.25, 0.3) is 0 Å². The maximum atomic E-state index is 15.7. The van der Waals surface area contributed by atoms with Gasteiger partial charge in [-0.25, -0.2) is 13.8 Å². The second kappa shape index (κ2) is 11.5. The highest BCUT2D eigenvalue weighted by molar-refractivity contribution is 7.47. The van der Waals surface area contributed by atoms with Gasteiger partial charge in [-0.15, -0.1) is 0 Å². The average Bonchev–Trinajstić information content (AvgIpc) is 3.31. The van der Waals surface area contributed by atoms with Gasteiger partial charge in [0.1, 0.15) is 23.6 Å². The van der Waals surface area contributed by atoms with Crippen molar-refractivity contribution in [2.24, 2.45) is 0 Å². The summed E-state index contributed by atoms with van der Waals surface area (Å²) in [5.74, 6) is 0.704. The molecule has 3 aromatic rings. The largest absolute Gasteiger partial charge is 0.497 e. The Hall–Kier alpha value is -3.57. The fraction of sp³-hybridized carbons (Fsp3) is 0.323. The first-order valence-corrected chi connectivity index (χ1v) is 15.5. The molecule has 0 aromatic heterocycles. The quantitative estimate of drug-likeness (QED) is 0.246. The molecule has 0 spiro atoms. The number of rotatable bonds is 8. The standard InChI is InChI=1S/C31H33FN3O7P/c1-3-30-20-40-43(37,38)42-27(30)26(32)28(41-30)35-19-18-25(33-29(35)36)34-31(21-10-6-4-7-11-21,22-12-8-5-9-13-22)23-14-16-24(39-2)17-15-23/h4-19,25-28,34H,3,20H2,1-2H3,(H,33,36)(H,37,38)/t25?,26-,27+,28-,30-/m1/s1. The van der Waals surface area contributed by atoms with Gasteiger partial charge in [-0.05, 0) is 41.3 Å². The molecule has 10 nitrogen and oxygen atoms in total. The molecular weight excluding hydrogens is 576 g/mol. The number of urea groups is 1. The lowest BCUT2D eigenvalue weighted by Gasteiger charge is -2.41. The molecule has 0 bridgehead atoms. The first-order valence-electron chi connectivity index (χ1n) is 14.0. The second-order valence-electron chi connectivity index (χ2n) is 10.7. The summed E-state index contributed by atoms with van der Waals surface area (Å²) in [7, 11) is -2.82. The van der Waals surface area contributed by atoms with E-state index >= 15 is 4.39 Å². The van der Waals surface area contributed by atoms with E-state index < -0.39 is 49.7 Å². The van der Waals surface area contributed by atoms with E-state index in [1.807, 2.05) is 84.9 Å². The highest BCUT2D eigenvalue weighted by atomic mass is 31.2. The lowest BCUT2D eigenvalue weighted by molar-refractivity contribution is -0.148. The topological polar surface area (TPSA) is 119 Å². The molecule has 0 aliphatic carbocycles. The minimum Gasteiger partial charge on any atom is -0.497 e. The van der Waals surface area contributed by atoms with Crippen molar-refractivity contribution in [1.82, 2.24) is 15.5 Å². The predicted octanol–water partition coefficient (Wildman–Crippen LogP) is 4.80. The lowest BCUT2D eigenvalue weighted by Crippen LogP contribution is -2.60. The first-order chi connectivity index (χ1) is 20.7. The number of fused-ring (bicyclic) bond motifs is 1. The van der Waals surface area contributed by atoms with E-state index in [0.717, 1.165) is 21.6 Å². The maximum Gasteiger partial charge on any atom is 0.472 e. The molecule has 3 N–H and O–H groups in total. The van der Waals surface area contributed by atoms with Gasteiger partial charge in [0.15, 0.2) is 12.4 Å². The summed E-state index contributed by atoms with van der Waals surface area (Å²) >= 11 is 0. The zero-order valence-electron chi connectivity index (χ0n) is 23.6. The molecule has 0 saturated carbocycles. The lowest BCUT2D eigenvalue weighted by atomic mass is 9.76. The summed E-state index contributed by atoms with van der Waals surface area (Å²) in [4.78, 5) is 24.4. The molecule has 6 rings (SSSR count). The number of nitrogens with zero attached hydrogens (tertiary/aromatic N) is 1. The third-order valence-corrected chi connectivity index (χ3v) is 9.24. The van der Waals surface area contributed by atoms with Gasteiger partial charge in [0.2, 0.25) is 0 Å². The minimum absolute atomic E-state index is 0.247. The molecule has 0 radical (unpaired) electrons. The molecule has 3 aromatic carbocycles. The number of nitrogens with one attached hydrogen (secondary N) is 2. The van der Waals surface area contributed by atoms with Crippen LogP contribution in [0.15, 0.2) is 97.2 Å². The van der Waals surface area contributed by atoms with E-state index in [2.05, 4.69) is 10.6 Å². The summed E-state index contributed by atoms with van der Waals surface area (Å²) in [6.07, 6.45) is -1.93. The highest BCUT2D eigenvalue weighted by Gasteiger charge is 2.63. The van der Waals surface area contributed by atoms with E-state index in [1.165, 1.54) is 6.20 Å². The molecule has 2 amide bonds. The van der Waals surface area contributed by atoms with Gasteiger partial charge in [-0.1, -0.05) is 79.7 Å². The van der Waals surface area contributed by atoms with Crippen LogP contribution in [0, 0.1) is 0 Å². The van der Waals surface area contributed by atoms with Crippen LogP contribution in [0.5, 0.6) is 5.75 Å². The normalized spacial score (nSPS) is 30.5. The maximum absolute atomic E-state index is 15.7. The SMILES string of the molecule is CC[C@@]12COP(=O)(O)O[C@H]1[C@@H](F)[C@H](N1C=CC(NC(c3ccccc3)(c3ccccc3)c3ccc(OC)cc3)NC1=O)O2. The summed E-state index contributed by atoms with van der Waals surface area (Å²) < 4.78 is 49.2. The van der Waals surface area contributed by atoms with Gasteiger partial charge < -0.3 is 19.7 Å². The van der Waals surface area contributed by atoms with E-state index in [9.17, 15) is 14.3 Å². The Labute approximate surface area is 249 Å². The van der Waals surface area contributed by atoms with Crippen LogP contribution in [0.4, 0.5) is 9.18 Å². The van der Waals surface area contributed by atoms with Gasteiger partial charge in [0.05, 0.1) is 19.3 Å². The van der Waals surface area contributed by atoms with Crippen LogP contribution in [-0.2, 0) is 23.9 Å². The van der Waals surface area contributed by atoms with Crippen molar-refractivity contribution in [2.75, 3.05) is 13.7 Å².